The number of amides is 2. The Morgan fingerprint density at radius 2 is 2.10 bits per heavy atom. The minimum Gasteiger partial charge on any atom is -0.480 e. The van der Waals surface area contributed by atoms with Gasteiger partial charge >= 0.3 is 5.97 Å². The molecule has 0 aliphatic carbocycles. The fourth-order valence-electron chi connectivity index (χ4n) is 1.53. The van der Waals surface area contributed by atoms with E-state index in [0.717, 1.165) is 4.68 Å². The van der Waals surface area contributed by atoms with Crippen molar-refractivity contribution in [1.29, 1.82) is 0 Å². The summed E-state index contributed by atoms with van der Waals surface area (Å²) in [5.41, 5.74) is 0.0115. The lowest BCUT2D eigenvalue weighted by atomic mass is 10.3. The number of likely N-dealkylation sites (N-methyl/N-ethyl adjacent to an activating group) is 2. The first-order valence-electron chi connectivity index (χ1n) is 6.15. The van der Waals surface area contributed by atoms with Crippen molar-refractivity contribution in [3.8, 4) is 0 Å². The van der Waals surface area contributed by atoms with Crippen molar-refractivity contribution >= 4 is 17.8 Å². The lowest BCUT2D eigenvalue weighted by Gasteiger charge is -2.18. The normalized spacial score (nSPS) is 10.1. The quantitative estimate of drug-likeness (QED) is 0.660. The highest BCUT2D eigenvalue weighted by Gasteiger charge is 2.20. The van der Waals surface area contributed by atoms with Gasteiger partial charge in [-0.15, -0.1) is 5.10 Å². The molecule has 1 aromatic heterocycles. The first-order valence-corrected chi connectivity index (χ1v) is 6.15. The molecule has 0 radical (unpaired) electrons. The molecule has 0 bridgehead atoms. The number of aromatic nitrogens is 3. The van der Waals surface area contributed by atoms with Crippen LogP contribution in [-0.4, -0.2) is 62.4 Å². The highest BCUT2D eigenvalue weighted by molar-refractivity contribution is 5.94. The maximum atomic E-state index is 12.1. The standard InChI is InChI=1S/C11H17N5O4/c1-3-12-9(17)6-15(4-2)11(20)8-5-16(14-13-8)7-10(18)19/h5H,3-4,6-7H2,1-2H3,(H,12,17)(H,18,19). The van der Waals surface area contributed by atoms with Crippen LogP contribution in [0.15, 0.2) is 6.20 Å². The Balaban J connectivity index is 2.73. The third-order valence-electron chi connectivity index (χ3n) is 2.43. The van der Waals surface area contributed by atoms with Crippen LogP contribution < -0.4 is 5.32 Å². The summed E-state index contributed by atoms with van der Waals surface area (Å²) >= 11 is 0. The highest BCUT2D eigenvalue weighted by atomic mass is 16.4. The Labute approximate surface area is 115 Å². The summed E-state index contributed by atoms with van der Waals surface area (Å²) in [4.78, 5) is 35.4. The number of carboxylic acids is 1. The minimum absolute atomic E-state index is 0.0115. The van der Waals surface area contributed by atoms with E-state index in [1.807, 2.05) is 0 Å². The van der Waals surface area contributed by atoms with E-state index >= 15 is 0 Å². The lowest BCUT2D eigenvalue weighted by Crippen LogP contribution is -2.40. The molecule has 0 fully saturated rings. The number of aliphatic carboxylic acids is 1. The largest absolute Gasteiger partial charge is 0.480 e. The van der Waals surface area contributed by atoms with Crippen LogP contribution >= 0.6 is 0 Å². The second kappa shape index (κ2) is 7.22. The van der Waals surface area contributed by atoms with Gasteiger partial charge in [-0.05, 0) is 13.8 Å². The number of carboxylic acid groups (broad SMARTS) is 1. The number of nitrogens with zero attached hydrogens (tertiary/aromatic N) is 4. The Morgan fingerprint density at radius 1 is 1.40 bits per heavy atom. The maximum Gasteiger partial charge on any atom is 0.325 e. The maximum absolute atomic E-state index is 12.1. The molecule has 0 atom stereocenters. The minimum atomic E-state index is -1.08. The molecule has 20 heavy (non-hydrogen) atoms. The van der Waals surface area contributed by atoms with Gasteiger partial charge in [0.2, 0.25) is 5.91 Å². The summed E-state index contributed by atoms with van der Waals surface area (Å²) in [7, 11) is 0. The number of carbonyl (C=O) groups excluding carboxylic acids is 2. The summed E-state index contributed by atoms with van der Waals surface area (Å²) in [5, 5.41) is 18.4. The van der Waals surface area contributed by atoms with Gasteiger partial charge in [0, 0.05) is 13.1 Å². The van der Waals surface area contributed by atoms with Crippen molar-refractivity contribution in [2.75, 3.05) is 19.6 Å². The van der Waals surface area contributed by atoms with Crippen molar-refractivity contribution in [1.82, 2.24) is 25.2 Å². The predicted molar refractivity (Wildman–Crippen MR) is 67.9 cm³/mol. The van der Waals surface area contributed by atoms with E-state index in [9.17, 15) is 14.4 Å². The van der Waals surface area contributed by atoms with Gasteiger partial charge in [-0.1, -0.05) is 5.21 Å². The second-order valence-corrected chi connectivity index (χ2v) is 3.97. The van der Waals surface area contributed by atoms with Crippen LogP contribution in [0.1, 0.15) is 24.3 Å². The van der Waals surface area contributed by atoms with Gasteiger partial charge in [-0.2, -0.15) is 0 Å². The Kier molecular flexibility index (Phi) is 5.63. The van der Waals surface area contributed by atoms with Crippen LogP contribution in [0, 0.1) is 0 Å². The molecule has 1 aromatic rings. The summed E-state index contributed by atoms with van der Waals surface area (Å²) in [6, 6.07) is 0. The SMILES string of the molecule is CCNC(=O)CN(CC)C(=O)c1cn(CC(=O)O)nn1. The molecular formula is C11H17N5O4. The van der Waals surface area contributed by atoms with Gasteiger partial charge in [0.1, 0.15) is 6.54 Å². The highest BCUT2D eigenvalue weighted by Crippen LogP contribution is 2.01. The van der Waals surface area contributed by atoms with E-state index in [2.05, 4.69) is 15.6 Å². The first kappa shape index (κ1) is 15.6. The molecule has 9 nitrogen and oxygen atoms in total. The van der Waals surface area contributed by atoms with Crippen molar-refractivity contribution in [2.24, 2.45) is 0 Å². The van der Waals surface area contributed by atoms with Crippen LogP contribution in [0.3, 0.4) is 0 Å². The number of nitrogens with one attached hydrogen (secondary N) is 1. The summed E-state index contributed by atoms with van der Waals surface area (Å²) in [6.45, 7) is 3.89. The monoisotopic (exact) mass is 283 g/mol. The van der Waals surface area contributed by atoms with E-state index in [0.29, 0.717) is 13.1 Å². The fraction of sp³-hybridized carbons (Fsp3) is 0.545. The Hall–Kier alpha value is -2.45. The molecule has 0 unspecified atom stereocenters. The third-order valence-corrected chi connectivity index (χ3v) is 2.43. The zero-order valence-corrected chi connectivity index (χ0v) is 11.4. The molecule has 2 amide bonds. The molecule has 0 aliphatic heterocycles. The molecular weight excluding hydrogens is 266 g/mol. The number of rotatable bonds is 7. The summed E-state index contributed by atoms with van der Waals surface area (Å²) in [6.07, 6.45) is 1.25. The molecule has 1 rings (SSSR count). The lowest BCUT2D eigenvalue weighted by molar-refractivity contribution is -0.137. The van der Waals surface area contributed by atoms with Crippen LogP contribution in [-0.2, 0) is 16.1 Å². The predicted octanol–water partition coefficient (Wildman–Crippen LogP) is -1.04. The fourth-order valence-corrected chi connectivity index (χ4v) is 1.53. The molecule has 2 N–H and O–H groups in total. The smallest absolute Gasteiger partial charge is 0.325 e. The van der Waals surface area contributed by atoms with Gasteiger partial charge in [0.25, 0.3) is 5.91 Å². The Morgan fingerprint density at radius 3 is 2.65 bits per heavy atom. The topological polar surface area (TPSA) is 117 Å². The van der Waals surface area contributed by atoms with Crippen LogP contribution in [0.2, 0.25) is 0 Å². The van der Waals surface area contributed by atoms with Crippen LogP contribution in [0.4, 0.5) is 0 Å². The molecule has 0 aromatic carbocycles. The van der Waals surface area contributed by atoms with Crippen molar-refractivity contribution < 1.29 is 19.5 Å². The number of carbonyl (C=O) groups is 3. The van der Waals surface area contributed by atoms with E-state index in [-0.39, 0.29) is 24.7 Å². The van der Waals surface area contributed by atoms with Crippen molar-refractivity contribution in [3.05, 3.63) is 11.9 Å². The number of hydrogen-bond donors (Lipinski definition) is 2. The molecule has 0 aliphatic rings. The van der Waals surface area contributed by atoms with Gasteiger partial charge in [0.15, 0.2) is 5.69 Å². The van der Waals surface area contributed by atoms with E-state index < -0.39 is 11.9 Å². The zero-order chi connectivity index (χ0) is 15.1. The molecule has 0 spiro atoms. The third kappa shape index (κ3) is 4.34. The molecule has 110 valence electrons. The summed E-state index contributed by atoms with van der Waals surface area (Å²) in [5.74, 6) is -1.81. The molecule has 9 heteroatoms. The summed E-state index contributed by atoms with van der Waals surface area (Å²) < 4.78 is 1.05. The van der Waals surface area contributed by atoms with E-state index in [4.69, 9.17) is 5.11 Å². The molecule has 0 saturated carbocycles. The van der Waals surface area contributed by atoms with E-state index in [1.54, 1.807) is 13.8 Å². The van der Waals surface area contributed by atoms with Crippen molar-refractivity contribution in [2.45, 2.75) is 20.4 Å². The van der Waals surface area contributed by atoms with Crippen LogP contribution in [0.5, 0.6) is 0 Å². The second-order valence-electron chi connectivity index (χ2n) is 3.97. The zero-order valence-electron chi connectivity index (χ0n) is 11.4. The van der Waals surface area contributed by atoms with E-state index in [1.165, 1.54) is 11.1 Å². The Bertz CT molecular complexity index is 499. The first-order chi connectivity index (χ1) is 9.47. The van der Waals surface area contributed by atoms with Crippen LogP contribution in [0.25, 0.3) is 0 Å². The van der Waals surface area contributed by atoms with Gasteiger partial charge < -0.3 is 15.3 Å². The number of hydrogen-bond acceptors (Lipinski definition) is 5. The van der Waals surface area contributed by atoms with Gasteiger partial charge in [-0.3, -0.25) is 14.4 Å². The van der Waals surface area contributed by atoms with Gasteiger partial charge in [-0.25, -0.2) is 4.68 Å². The van der Waals surface area contributed by atoms with Gasteiger partial charge in [0.05, 0.1) is 12.7 Å². The molecule has 1 heterocycles. The average molecular weight is 283 g/mol. The van der Waals surface area contributed by atoms with Crippen molar-refractivity contribution in [3.63, 3.8) is 0 Å². The average Bonchev–Trinajstić information content (AvgIpc) is 2.83. The molecule has 0 saturated heterocycles.